The number of rotatable bonds is 8. The molecule has 0 aliphatic rings. The molecule has 140 valence electrons. The average molecular weight is 382 g/mol. The summed E-state index contributed by atoms with van der Waals surface area (Å²) in [6.45, 7) is 0.172. The second-order valence-electron chi connectivity index (χ2n) is 5.75. The average Bonchev–Trinajstić information content (AvgIpc) is 2.57. The highest BCUT2D eigenvalue weighted by Crippen LogP contribution is 2.18. The van der Waals surface area contributed by atoms with Crippen molar-refractivity contribution in [2.45, 2.75) is 12.8 Å². The van der Waals surface area contributed by atoms with Crippen LogP contribution in [0.3, 0.4) is 0 Å². The predicted molar refractivity (Wildman–Crippen MR) is 96.3 cm³/mol. The fourth-order valence-electron chi connectivity index (χ4n) is 2.42. The Morgan fingerprint density at radius 2 is 1.73 bits per heavy atom. The van der Waals surface area contributed by atoms with E-state index in [4.69, 9.17) is 0 Å². The van der Waals surface area contributed by atoms with Gasteiger partial charge in [0.15, 0.2) is 0 Å². The second kappa shape index (κ2) is 8.75. The van der Waals surface area contributed by atoms with Crippen molar-refractivity contribution >= 4 is 21.6 Å². The molecular formula is C18H20F2N2O3S. The van der Waals surface area contributed by atoms with Gasteiger partial charge in [-0.2, -0.15) is 0 Å². The van der Waals surface area contributed by atoms with Crippen LogP contribution >= 0.6 is 0 Å². The molecule has 0 atom stereocenters. The van der Waals surface area contributed by atoms with Crippen LogP contribution in [0.1, 0.15) is 12.0 Å². The van der Waals surface area contributed by atoms with Crippen molar-refractivity contribution in [3.05, 3.63) is 65.7 Å². The number of sulfonamides is 1. The largest absolute Gasteiger partial charge is 0.356 e. The molecule has 8 heteroatoms. The van der Waals surface area contributed by atoms with E-state index in [1.807, 2.05) is 0 Å². The van der Waals surface area contributed by atoms with Gasteiger partial charge in [-0.1, -0.05) is 18.2 Å². The number of amides is 1. The van der Waals surface area contributed by atoms with Crippen LogP contribution in [0.5, 0.6) is 0 Å². The molecular weight excluding hydrogens is 362 g/mol. The van der Waals surface area contributed by atoms with Gasteiger partial charge >= 0.3 is 0 Å². The predicted octanol–water partition coefficient (Wildman–Crippen LogP) is 2.48. The van der Waals surface area contributed by atoms with Crippen LogP contribution in [0.4, 0.5) is 14.5 Å². The van der Waals surface area contributed by atoms with E-state index < -0.39 is 15.8 Å². The molecule has 5 nitrogen and oxygen atoms in total. The van der Waals surface area contributed by atoms with E-state index in [2.05, 4.69) is 5.32 Å². The second-order valence-corrected chi connectivity index (χ2v) is 7.66. The van der Waals surface area contributed by atoms with E-state index >= 15 is 0 Å². The van der Waals surface area contributed by atoms with E-state index in [0.29, 0.717) is 12.0 Å². The molecule has 0 saturated carbocycles. The van der Waals surface area contributed by atoms with E-state index in [1.165, 1.54) is 18.2 Å². The Bertz CT molecular complexity index is 855. The highest BCUT2D eigenvalue weighted by molar-refractivity contribution is 7.92. The molecule has 0 aromatic heterocycles. The van der Waals surface area contributed by atoms with Gasteiger partial charge in [-0.3, -0.25) is 9.10 Å². The molecule has 2 aromatic carbocycles. The molecule has 0 fully saturated rings. The first kappa shape index (κ1) is 19.8. The summed E-state index contributed by atoms with van der Waals surface area (Å²) in [5, 5.41) is 2.64. The fourth-order valence-corrected chi connectivity index (χ4v) is 3.35. The molecule has 0 aliphatic heterocycles. The van der Waals surface area contributed by atoms with Crippen molar-refractivity contribution in [1.82, 2.24) is 5.32 Å². The van der Waals surface area contributed by atoms with Gasteiger partial charge in [0.25, 0.3) is 0 Å². The lowest BCUT2D eigenvalue weighted by atomic mass is 10.1. The summed E-state index contributed by atoms with van der Waals surface area (Å²) in [5.74, 6) is -1.16. The first-order chi connectivity index (χ1) is 12.3. The minimum atomic E-state index is -3.61. The summed E-state index contributed by atoms with van der Waals surface area (Å²) in [5.41, 5.74) is 0.782. The van der Waals surface area contributed by atoms with Gasteiger partial charge in [-0.05, 0) is 42.3 Å². The van der Waals surface area contributed by atoms with Crippen LogP contribution in [-0.4, -0.2) is 33.7 Å². The van der Waals surface area contributed by atoms with Crippen molar-refractivity contribution in [3.8, 4) is 0 Å². The molecule has 0 heterocycles. The van der Waals surface area contributed by atoms with Crippen LogP contribution in [0, 0.1) is 11.6 Å². The third kappa shape index (κ3) is 5.80. The van der Waals surface area contributed by atoms with E-state index in [-0.39, 0.29) is 36.9 Å². The number of nitrogens with one attached hydrogen (secondary N) is 1. The van der Waals surface area contributed by atoms with E-state index in [9.17, 15) is 22.0 Å². The van der Waals surface area contributed by atoms with Crippen molar-refractivity contribution in [2.75, 3.05) is 23.7 Å². The molecule has 0 aliphatic carbocycles. The minimum absolute atomic E-state index is 0.0677. The number of hydrogen-bond donors (Lipinski definition) is 1. The van der Waals surface area contributed by atoms with Crippen LogP contribution in [-0.2, 0) is 21.2 Å². The normalized spacial score (nSPS) is 11.2. The van der Waals surface area contributed by atoms with Gasteiger partial charge in [0.05, 0.1) is 11.9 Å². The van der Waals surface area contributed by atoms with Gasteiger partial charge in [0.2, 0.25) is 15.9 Å². The van der Waals surface area contributed by atoms with Crippen LogP contribution in [0.25, 0.3) is 0 Å². The lowest BCUT2D eigenvalue weighted by molar-refractivity contribution is -0.120. The molecule has 0 unspecified atom stereocenters. The standard InChI is InChI=1S/C18H20F2N2O3S/c1-26(24,25)22(16-8-6-15(19)7-9-16)13-11-18(23)21-12-10-14-4-2-3-5-17(14)20/h2-9H,10-13H2,1H3,(H,21,23). The zero-order valence-electron chi connectivity index (χ0n) is 14.3. The zero-order valence-corrected chi connectivity index (χ0v) is 15.1. The van der Waals surface area contributed by atoms with Crippen molar-refractivity contribution in [3.63, 3.8) is 0 Å². The summed E-state index contributed by atoms with van der Waals surface area (Å²) in [6, 6.07) is 11.3. The fraction of sp³-hybridized carbons (Fsp3) is 0.278. The lowest BCUT2D eigenvalue weighted by Gasteiger charge is -2.22. The molecule has 26 heavy (non-hydrogen) atoms. The smallest absolute Gasteiger partial charge is 0.232 e. The minimum Gasteiger partial charge on any atom is -0.356 e. The molecule has 1 amide bonds. The maximum Gasteiger partial charge on any atom is 0.232 e. The van der Waals surface area contributed by atoms with E-state index in [1.54, 1.807) is 18.2 Å². The Hall–Kier alpha value is -2.48. The number of carbonyl (C=O) groups excluding carboxylic acids is 1. The highest BCUT2D eigenvalue weighted by atomic mass is 32.2. The first-order valence-electron chi connectivity index (χ1n) is 8.01. The number of halogens is 2. The maximum absolute atomic E-state index is 13.5. The van der Waals surface area contributed by atoms with Crippen molar-refractivity contribution < 1.29 is 22.0 Å². The monoisotopic (exact) mass is 382 g/mol. The number of hydrogen-bond acceptors (Lipinski definition) is 3. The zero-order chi connectivity index (χ0) is 19.2. The molecule has 0 radical (unpaired) electrons. The van der Waals surface area contributed by atoms with Gasteiger partial charge in [0, 0.05) is 19.5 Å². The maximum atomic E-state index is 13.5. The molecule has 0 saturated heterocycles. The number of benzene rings is 2. The van der Waals surface area contributed by atoms with Crippen LogP contribution in [0.15, 0.2) is 48.5 Å². The number of anilines is 1. The number of carbonyl (C=O) groups is 1. The molecule has 0 spiro atoms. The molecule has 0 bridgehead atoms. The van der Waals surface area contributed by atoms with E-state index in [0.717, 1.165) is 22.7 Å². The van der Waals surface area contributed by atoms with Crippen molar-refractivity contribution in [2.24, 2.45) is 0 Å². The lowest BCUT2D eigenvalue weighted by Crippen LogP contribution is -2.35. The summed E-state index contributed by atoms with van der Waals surface area (Å²) in [4.78, 5) is 11.9. The van der Waals surface area contributed by atoms with Gasteiger partial charge in [0.1, 0.15) is 11.6 Å². The molecule has 2 aromatic rings. The Kier molecular flexibility index (Phi) is 6.68. The summed E-state index contributed by atoms with van der Waals surface area (Å²) in [6.07, 6.45) is 1.29. The SMILES string of the molecule is CS(=O)(=O)N(CCC(=O)NCCc1ccccc1F)c1ccc(F)cc1. The summed E-state index contributed by atoms with van der Waals surface area (Å²) in [7, 11) is -3.61. The Morgan fingerprint density at radius 1 is 1.08 bits per heavy atom. The molecule has 1 N–H and O–H groups in total. The van der Waals surface area contributed by atoms with Crippen LogP contribution < -0.4 is 9.62 Å². The molecule has 2 rings (SSSR count). The number of nitrogens with zero attached hydrogens (tertiary/aromatic N) is 1. The third-order valence-electron chi connectivity index (χ3n) is 3.73. The topological polar surface area (TPSA) is 66.5 Å². The first-order valence-corrected chi connectivity index (χ1v) is 9.85. The Morgan fingerprint density at radius 3 is 2.35 bits per heavy atom. The highest BCUT2D eigenvalue weighted by Gasteiger charge is 2.18. The Labute approximate surface area is 151 Å². The quantitative estimate of drug-likeness (QED) is 0.763. The summed E-state index contributed by atoms with van der Waals surface area (Å²) >= 11 is 0. The van der Waals surface area contributed by atoms with Crippen molar-refractivity contribution in [1.29, 1.82) is 0 Å². The van der Waals surface area contributed by atoms with Crippen LogP contribution in [0.2, 0.25) is 0 Å². The van der Waals surface area contributed by atoms with Gasteiger partial charge in [-0.25, -0.2) is 17.2 Å². The third-order valence-corrected chi connectivity index (χ3v) is 4.93. The summed E-state index contributed by atoms with van der Waals surface area (Å²) < 4.78 is 51.4. The van der Waals surface area contributed by atoms with Gasteiger partial charge < -0.3 is 5.32 Å². The van der Waals surface area contributed by atoms with Gasteiger partial charge in [-0.15, -0.1) is 0 Å². The Balaban J connectivity index is 1.89.